The zero-order valence-corrected chi connectivity index (χ0v) is 76.5. The number of ketones is 3. The van der Waals surface area contributed by atoms with Gasteiger partial charge in [0.25, 0.3) is 0 Å². The van der Waals surface area contributed by atoms with Gasteiger partial charge in [-0.3, -0.25) is 76.7 Å². The summed E-state index contributed by atoms with van der Waals surface area (Å²) in [6.07, 6.45) is -1.89. The molecule has 0 spiro atoms. The van der Waals surface area contributed by atoms with Gasteiger partial charge in [-0.05, 0) is 107 Å². The second-order valence-electron chi connectivity index (χ2n) is 34.4. The SMILES string of the molecule is CCCC[C@H]1C(=O)N(C)CC(=O)C[C@@H](CC(=O)O)C(=O)C[C@@H](C(C)C)C(=O)N(C)[C@@H](Cc2cccc(F)c2)C(=O)N[C@@H](Cc2ccc(O)cc2)C(=O)N(C)CC(=O)NC[C@@H](Cc2c[nH]c3ccccc23)C(=O)N[C@@H](Cc2ccc(O)cc2)C(=O)N[C@@H](CC(C)C)C(=O)N[C@H](C(=O)CCC(N)=O)CSCC(=O)N[C@@H](Cc2ccccc2)C(=O)N(C)[C@@H](Cc2ccccc2)C(=O)N1C. The summed E-state index contributed by atoms with van der Waals surface area (Å²) in [6.45, 7) is 6.74. The minimum Gasteiger partial charge on any atom is -0.508 e. The molecule has 0 radical (unpaired) electrons. The van der Waals surface area contributed by atoms with Crippen molar-refractivity contribution in [1.82, 2.24) is 61.4 Å². The molecule has 702 valence electrons. The molecule has 12 amide bonds. The van der Waals surface area contributed by atoms with Crippen LogP contribution in [0.1, 0.15) is 126 Å². The molecule has 1 saturated heterocycles. The average Bonchev–Trinajstić information content (AvgIpc) is 1.77. The molecule has 0 saturated carbocycles. The third kappa shape index (κ3) is 31.6. The van der Waals surface area contributed by atoms with E-state index in [2.05, 4.69) is 36.9 Å². The van der Waals surface area contributed by atoms with Crippen molar-refractivity contribution in [2.45, 2.75) is 179 Å². The first kappa shape index (κ1) is 103. The molecule has 0 bridgehead atoms. The number of primary amides is 1. The van der Waals surface area contributed by atoms with Crippen LogP contribution in [0.5, 0.6) is 11.5 Å². The number of rotatable bonds is 24. The zero-order valence-electron chi connectivity index (χ0n) is 75.7. The molecular formula is C97H122FN13O19S. The van der Waals surface area contributed by atoms with E-state index in [9.17, 15) is 53.7 Å². The number of aliphatic carboxylic acids is 1. The van der Waals surface area contributed by atoms with Gasteiger partial charge < -0.3 is 82.4 Å². The highest BCUT2D eigenvalue weighted by atomic mass is 32.2. The Bertz CT molecular complexity index is 5160. The Labute approximate surface area is 766 Å². The number of carbonyl (C=O) groups excluding carboxylic acids is 15. The van der Waals surface area contributed by atoms with Gasteiger partial charge >= 0.3 is 5.97 Å². The van der Waals surface area contributed by atoms with Crippen LogP contribution >= 0.6 is 11.8 Å². The molecule has 0 aliphatic carbocycles. The van der Waals surface area contributed by atoms with Gasteiger partial charge in [0.1, 0.15) is 65.4 Å². The summed E-state index contributed by atoms with van der Waals surface area (Å²) in [5.74, 6) is -20.5. The number of thioether (sulfide) groups is 1. The normalized spacial score (nSPS) is 22.0. The van der Waals surface area contributed by atoms with Gasteiger partial charge in [0.2, 0.25) is 70.9 Å². The highest BCUT2D eigenvalue weighted by molar-refractivity contribution is 8.00. The number of H-pyrrole nitrogens is 1. The molecule has 1 aromatic heterocycles. The van der Waals surface area contributed by atoms with E-state index in [1.165, 1.54) is 106 Å². The van der Waals surface area contributed by atoms with Crippen molar-refractivity contribution in [1.29, 1.82) is 0 Å². The lowest BCUT2D eigenvalue weighted by atomic mass is 9.83. The molecule has 7 aromatic rings. The van der Waals surface area contributed by atoms with Crippen LogP contribution in [0.3, 0.4) is 0 Å². The van der Waals surface area contributed by atoms with Crippen molar-refractivity contribution in [3.8, 4) is 11.5 Å². The quantitative estimate of drug-likeness (QED) is 0.0324. The number of halogens is 1. The van der Waals surface area contributed by atoms with Crippen molar-refractivity contribution in [2.24, 2.45) is 35.3 Å². The number of unbranched alkanes of at least 4 members (excludes halogenated alkanes) is 1. The topological polar surface area (TPSA) is 464 Å². The summed E-state index contributed by atoms with van der Waals surface area (Å²) in [7, 11) is 6.59. The number of benzene rings is 6. The van der Waals surface area contributed by atoms with E-state index >= 15 is 42.7 Å². The maximum absolute atomic E-state index is 15.6. The summed E-state index contributed by atoms with van der Waals surface area (Å²) in [4.78, 5) is 244. The number of phenolic OH excluding ortho intramolecular Hbond substituents is 2. The predicted octanol–water partition coefficient (Wildman–Crippen LogP) is 6.13. The Morgan fingerprint density at radius 2 is 1.05 bits per heavy atom. The number of nitrogens with zero attached hydrogens (tertiary/aromatic N) is 5. The number of hydrogen-bond donors (Lipinski definition) is 11. The maximum atomic E-state index is 15.6. The summed E-state index contributed by atoms with van der Waals surface area (Å²) in [5.41, 5.74) is 9.05. The Morgan fingerprint density at radius 3 is 1.64 bits per heavy atom. The molecule has 0 unspecified atom stereocenters. The number of nitrogens with two attached hydrogens (primary N) is 1. The number of hydrogen-bond acceptors (Lipinski definition) is 19. The van der Waals surface area contributed by atoms with Crippen LogP contribution in [0.4, 0.5) is 4.39 Å². The van der Waals surface area contributed by atoms with E-state index in [0.717, 1.165) is 38.6 Å². The van der Waals surface area contributed by atoms with Crippen LogP contribution in [0.25, 0.3) is 10.9 Å². The van der Waals surface area contributed by atoms with E-state index in [1.54, 1.807) is 107 Å². The lowest BCUT2D eigenvalue weighted by Gasteiger charge is -2.37. The molecular weight excluding hydrogens is 1700 g/mol. The molecule has 8 rings (SSSR count). The number of aromatic amines is 1. The molecule has 34 heteroatoms. The van der Waals surface area contributed by atoms with E-state index in [0.29, 0.717) is 51.6 Å². The van der Waals surface area contributed by atoms with Crippen LogP contribution < -0.4 is 37.6 Å². The van der Waals surface area contributed by atoms with E-state index in [1.807, 2.05) is 19.1 Å². The third-order valence-electron chi connectivity index (χ3n) is 23.3. The fourth-order valence-corrected chi connectivity index (χ4v) is 16.8. The molecule has 11 atom stereocenters. The standard InChI is InChI=1S/C97H122FN13O19S/c1-11-12-30-80-96(129)107(6)54-71(114)49-65(50-88(120)121)84(116)51-73(59(4)5)93(126)110(9)81(47-64-26-21-27-68(98)42-64)92(125)105-77(45-63-33-37-70(113)38-34-63)94(127)108(7)55-86(118)101-53-67(48-66-52-100-74-29-20-19-28-72(66)74)89(122)103-76(43-62-31-35-69(112)36-32-62)91(124)104-75(41-58(2)3)90(123)106-79(83(115)39-40-85(99)117)56-131-57-87(119)102-78(44-60-22-15-13-16-23-60)95(128)111(10)82(97(130)109(80)8)46-61-24-17-14-18-25-61/h13-29,31-38,42,52,58-59,65,67,73,75-82,100,112-113H,11-12,30,39-41,43-51,53-57H2,1-10H3,(H2,99,117)(H,101,118)(H,102,119)(H,103,122)(H,104,124)(H,105,125)(H,106,123)(H,120,121)/t65-,67+,73-,75-,76-,77-,78-,79-,80-,81-,82-/m0/s1. The number of phenols is 2. The van der Waals surface area contributed by atoms with Crippen molar-refractivity contribution in [3.63, 3.8) is 0 Å². The summed E-state index contributed by atoms with van der Waals surface area (Å²) in [6, 6.07) is 29.4. The molecule has 6 aromatic carbocycles. The summed E-state index contributed by atoms with van der Waals surface area (Å²) >= 11 is 0.876. The highest BCUT2D eigenvalue weighted by Crippen LogP contribution is 2.29. The number of fused-ring (bicyclic) bond motifs is 1. The maximum Gasteiger partial charge on any atom is 0.304 e. The number of likely N-dealkylation sites (N-methyl/N-ethyl adjacent to an activating group) is 5. The molecule has 12 N–H and O–H groups in total. The summed E-state index contributed by atoms with van der Waals surface area (Å²) in [5, 5.41) is 48.5. The second-order valence-corrected chi connectivity index (χ2v) is 35.5. The largest absolute Gasteiger partial charge is 0.508 e. The van der Waals surface area contributed by atoms with Gasteiger partial charge in [-0.2, -0.15) is 0 Å². The van der Waals surface area contributed by atoms with Gasteiger partial charge in [0, 0.05) is 134 Å². The summed E-state index contributed by atoms with van der Waals surface area (Å²) < 4.78 is 15.2. The Balaban J connectivity index is 1.20. The monoisotopic (exact) mass is 1820 g/mol. The van der Waals surface area contributed by atoms with E-state index < -0.39 is 236 Å². The van der Waals surface area contributed by atoms with Crippen molar-refractivity contribution in [3.05, 3.63) is 203 Å². The van der Waals surface area contributed by atoms with Crippen LogP contribution in [0.2, 0.25) is 0 Å². The van der Waals surface area contributed by atoms with E-state index in [-0.39, 0.29) is 73.7 Å². The van der Waals surface area contributed by atoms with Gasteiger partial charge in [-0.15, -0.1) is 11.8 Å². The number of nitrogens with one attached hydrogen (secondary N) is 7. The van der Waals surface area contributed by atoms with Gasteiger partial charge in [-0.1, -0.05) is 163 Å². The molecule has 131 heavy (non-hydrogen) atoms. The molecule has 32 nitrogen and oxygen atoms in total. The number of Topliss-reactive ketones (excluding diaryl/α,β-unsaturated/α-hetero) is 3. The Hall–Kier alpha value is -13.1. The fraction of sp³-hybridized carbons (Fsp3) is 0.443. The number of carbonyl (C=O) groups is 16. The van der Waals surface area contributed by atoms with Crippen LogP contribution in [0, 0.1) is 35.4 Å². The molecule has 1 aliphatic rings. The highest BCUT2D eigenvalue weighted by Gasteiger charge is 2.42. The number of amides is 12. The van der Waals surface area contributed by atoms with Crippen LogP contribution in [-0.2, 0) is 115 Å². The fourth-order valence-electron chi connectivity index (χ4n) is 15.9. The number of para-hydroxylation sites is 1. The Morgan fingerprint density at radius 1 is 0.511 bits per heavy atom. The number of aromatic hydroxyl groups is 2. The minimum absolute atomic E-state index is 0.0472. The number of carboxylic acid groups (broad SMARTS) is 1. The smallest absolute Gasteiger partial charge is 0.304 e. The van der Waals surface area contributed by atoms with Gasteiger partial charge in [0.05, 0.1) is 37.2 Å². The number of aromatic nitrogens is 1. The predicted molar refractivity (Wildman–Crippen MR) is 490 cm³/mol. The van der Waals surface area contributed by atoms with Crippen LogP contribution in [-0.4, -0.2) is 254 Å². The van der Waals surface area contributed by atoms with E-state index in [4.69, 9.17) is 5.73 Å². The van der Waals surface area contributed by atoms with Crippen molar-refractivity contribution >= 4 is 117 Å². The van der Waals surface area contributed by atoms with Crippen LogP contribution in [0.15, 0.2) is 164 Å². The lowest BCUT2D eigenvalue weighted by molar-refractivity contribution is -0.151. The second kappa shape index (κ2) is 50.2. The van der Waals surface area contributed by atoms with Gasteiger partial charge in [-0.25, -0.2) is 4.39 Å². The first-order chi connectivity index (χ1) is 62.3. The average molecular weight is 1830 g/mol. The Kier molecular flexibility index (Phi) is 39.5. The molecule has 1 aliphatic heterocycles. The first-order valence-electron chi connectivity index (χ1n) is 43.9. The first-order valence-corrected chi connectivity index (χ1v) is 45.1. The third-order valence-corrected chi connectivity index (χ3v) is 24.4. The zero-order chi connectivity index (χ0) is 95.9. The van der Waals surface area contributed by atoms with Crippen molar-refractivity contribution < 1.29 is 96.4 Å². The number of carboxylic acids is 1. The minimum atomic E-state index is -1.61. The molecule has 1 fully saturated rings. The van der Waals surface area contributed by atoms with Crippen molar-refractivity contribution in [2.75, 3.05) is 66.4 Å². The van der Waals surface area contributed by atoms with Gasteiger partial charge in [0.15, 0.2) is 11.6 Å². The lowest BCUT2D eigenvalue weighted by Crippen LogP contribution is -2.58. The molecule has 2 heterocycles.